The van der Waals surface area contributed by atoms with Crippen LogP contribution in [0.3, 0.4) is 0 Å². The van der Waals surface area contributed by atoms with Crippen LogP contribution >= 0.6 is 0 Å². The normalized spacial score (nSPS) is 11.4. The number of hydrogen-bond acceptors (Lipinski definition) is 4. The minimum atomic E-state index is -3.70. The van der Waals surface area contributed by atoms with Crippen LogP contribution in [-0.4, -0.2) is 28.0 Å². The summed E-state index contributed by atoms with van der Waals surface area (Å²) in [5.74, 6) is 0.206. The molecule has 2 rings (SSSR count). The first-order chi connectivity index (χ1) is 11.9. The maximum Gasteiger partial charge on any atom is 0.239 e. The first-order valence-electron chi connectivity index (χ1n) is 7.56. The van der Waals surface area contributed by atoms with Crippen LogP contribution in [0.4, 0.5) is 5.69 Å². The number of carbonyl (C=O) groups is 1. The average molecular weight is 360 g/mol. The van der Waals surface area contributed by atoms with Crippen molar-refractivity contribution in [1.82, 2.24) is 4.72 Å². The van der Waals surface area contributed by atoms with Gasteiger partial charge in [-0.05, 0) is 42.8 Å². The van der Waals surface area contributed by atoms with Gasteiger partial charge in [0, 0.05) is 11.1 Å². The Kier molecular flexibility index (Phi) is 6.32. The minimum absolute atomic E-state index is 0.355. The summed E-state index contributed by atoms with van der Waals surface area (Å²) in [5, 5.41) is 3.64. The lowest BCUT2D eigenvalue weighted by molar-refractivity contribution is -0.115. The number of sulfonamides is 1. The molecule has 2 aromatic rings. The Labute approximate surface area is 147 Å². The third kappa shape index (κ3) is 6.40. The smallest absolute Gasteiger partial charge is 0.239 e. The quantitative estimate of drug-likeness (QED) is 0.795. The van der Waals surface area contributed by atoms with E-state index in [1.54, 1.807) is 31.4 Å². The van der Waals surface area contributed by atoms with Gasteiger partial charge in [-0.15, -0.1) is 0 Å². The van der Waals surface area contributed by atoms with Gasteiger partial charge in [0.25, 0.3) is 0 Å². The zero-order valence-electron chi connectivity index (χ0n) is 14.0. The number of methoxy groups -OCH3 is 1. The van der Waals surface area contributed by atoms with E-state index in [-0.39, 0.29) is 6.54 Å². The third-order valence-corrected chi connectivity index (χ3v) is 4.37. The van der Waals surface area contributed by atoms with Gasteiger partial charge in [0.1, 0.15) is 5.75 Å². The first kappa shape index (κ1) is 18.7. The summed E-state index contributed by atoms with van der Waals surface area (Å²) in [6.45, 7) is 1.60. The van der Waals surface area contributed by atoms with Crippen LogP contribution in [0.25, 0.3) is 6.08 Å². The molecule has 0 aliphatic heterocycles. The average Bonchev–Trinajstić information content (AvgIpc) is 2.60. The molecular weight excluding hydrogens is 340 g/mol. The second kappa shape index (κ2) is 8.46. The maximum atomic E-state index is 11.9. The van der Waals surface area contributed by atoms with Gasteiger partial charge in [0.2, 0.25) is 15.9 Å². The molecular formula is C18H20N2O4S. The summed E-state index contributed by atoms with van der Waals surface area (Å²) in [6.07, 6.45) is 1.48. The lowest BCUT2D eigenvalue weighted by Crippen LogP contribution is -2.31. The molecule has 0 atom stereocenters. The second-order valence-corrected chi connectivity index (χ2v) is 7.01. The van der Waals surface area contributed by atoms with Gasteiger partial charge in [-0.1, -0.05) is 29.8 Å². The molecule has 0 aromatic heterocycles. The summed E-state index contributed by atoms with van der Waals surface area (Å²) >= 11 is 0. The first-order valence-corrected chi connectivity index (χ1v) is 9.11. The molecule has 1 amide bonds. The monoisotopic (exact) mass is 360 g/mol. The minimum Gasteiger partial charge on any atom is -0.497 e. The van der Waals surface area contributed by atoms with Crippen LogP contribution < -0.4 is 14.8 Å². The lowest BCUT2D eigenvalue weighted by Gasteiger charge is -2.07. The Hall–Kier alpha value is -2.64. The Morgan fingerprint density at radius 3 is 2.32 bits per heavy atom. The zero-order chi connectivity index (χ0) is 18.3. The fourth-order valence-electron chi connectivity index (χ4n) is 1.94. The SMILES string of the molecule is COc1ccc(NC(=O)CNS(=O)(=O)C=Cc2ccc(C)cc2)cc1. The summed E-state index contributed by atoms with van der Waals surface area (Å²) in [4.78, 5) is 11.8. The predicted molar refractivity (Wildman–Crippen MR) is 98.8 cm³/mol. The molecule has 0 saturated carbocycles. The van der Waals surface area contributed by atoms with Crippen molar-refractivity contribution < 1.29 is 17.9 Å². The van der Waals surface area contributed by atoms with Crippen LogP contribution in [-0.2, 0) is 14.8 Å². The zero-order valence-corrected chi connectivity index (χ0v) is 14.8. The fraction of sp³-hybridized carbons (Fsp3) is 0.167. The summed E-state index contributed by atoms with van der Waals surface area (Å²) in [7, 11) is -2.15. The molecule has 0 aliphatic rings. The van der Waals surface area contributed by atoms with Gasteiger partial charge in [-0.2, -0.15) is 0 Å². The highest BCUT2D eigenvalue weighted by Crippen LogP contribution is 2.14. The Bertz CT molecular complexity index is 842. The molecule has 2 N–H and O–H groups in total. The number of hydrogen-bond donors (Lipinski definition) is 2. The van der Waals surface area contributed by atoms with E-state index in [4.69, 9.17) is 4.74 Å². The molecule has 7 heteroatoms. The molecule has 0 unspecified atom stereocenters. The molecule has 25 heavy (non-hydrogen) atoms. The van der Waals surface area contributed by atoms with Gasteiger partial charge in [0.15, 0.2) is 0 Å². The van der Waals surface area contributed by atoms with Crippen LogP contribution in [0.2, 0.25) is 0 Å². The highest BCUT2D eigenvalue weighted by Gasteiger charge is 2.09. The largest absolute Gasteiger partial charge is 0.497 e. The number of anilines is 1. The molecule has 0 saturated heterocycles. The highest BCUT2D eigenvalue weighted by atomic mass is 32.2. The van der Waals surface area contributed by atoms with Gasteiger partial charge in [-0.25, -0.2) is 13.1 Å². The van der Waals surface area contributed by atoms with E-state index in [0.717, 1.165) is 16.5 Å². The van der Waals surface area contributed by atoms with Crippen molar-refractivity contribution in [3.05, 3.63) is 65.1 Å². The molecule has 0 bridgehead atoms. The molecule has 0 heterocycles. The number of aryl methyl sites for hydroxylation is 1. The van der Waals surface area contributed by atoms with E-state index in [0.29, 0.717) is 11.4 Å². The Morgan fingerprint density at radius 1 is 1.08 bits per heavy atom. The second-order valence-electron chi connectivity index (χ2n) is 5.36. The number of rotatable bonds is 7. The van der Waals surface area contributed by atoms with E-state index in [2.05, 4.69) is 10.0 Å². The van der Waals surface area contributed by atoms with Crippen molar-refractivity contribution in [2.75, 3.05) is 19.0 Å². The van der Waals surface area contributed by atoms with Crippen LogP contribution in [0.1, 0.15) is 11.1 Å². The van der Waals surface area contributed by atoms with Crippen molar-refractivity contribution in [3.63, 3.8) is 0 Å². The van der Waals surface area contributed by atoms with Gasteiger partial charge in [-0.3, -0.25) is 4.79 Å². The molecule has 132 valence electrons. The van der Waals surface area contributed by atoms with Crippen molar-refractivity contribution in [3.8, 4) is 5.75 Å². The molecule has 0 spiro atoms. The number of benzene rings is 2. The van der Waals surface area contributed by atoms with E-state index in [9.17, 15) is 13.2 Å². The summed E-state index contributed by atoms with van der Waals surface area (Å²) in [5.41, 5.74) is 2.41. The Balaban J connectivity index is 1.87. The van der Waals surface area contributed by atoms with Crippen LogP contribution in [0.15, 0.2) is 53.9 Å². The van der Waals surface area contributed by atoms with Crippen LogP contribution in [0, 0.1) is 6.92 Å². The van der Waals surface area contributed by atoms with E-state index in [1.165, 1.54) is 6.08 Å². The summed E-state index contributed by atoms with van der Waals surface area (Å²) < 4.78 is 31.1. The third-order valence-electron chi connectivity index (χ3n) is 3.32. The lowest BCUT2D eigenvalue weighted by atomic mass is 10.2. The van der Waals surface area contributed by atoms with Gasteiger partial charge in [0.05, 0.1) is 13.7 Å². The molecule has 6 nitrogen and oxygen atoms in total. The Morgan fingerprint density at radius 2 is 1.72 bits per heavy atom. The van der Waals surface area contributed by atoms with Crippen molar-refractivity contribution >= 4 is 27.7 Å². The van der Waals surface area contributed by atoms with E-state index >= 15 is 0 Å². The fourth-order valence-corrected chi connectivity index (χ4v) is 2.70. The van der Waals surface area contributed by atoms with Gasteiger partial charge < -0.3 is 10.1 Å². The van der Waals surface area contributed by atoms with Crippen molar-refractivity contribution in [2.24, 2.45) is 0 Å². The highest BCUT2D eigenvalue weighted by molar-refractivity contribution is 7.92. The molecule has 0 aliphatic carbocycles. The number of amides is 1. The van der Waals surface area contributed by atoms with Crippen LogP contribution in [0.5, 0.6) is 5.75 Å². The molecule has 2 aromatic carbocycles. The maximum absolute atomic E-state index is 11.9. The number of nitrogens with one attached hydrogen (secondary N) is 2. The predicted octanol–water partition coefficient (Wildman–Crippen LogP) is 2.53. The number of carbonyl (C=O) groups excluding carboxylic acids is 1. The van der Waals surface area contributed by atoms with Gasteiger partial charge >= 0.3 is 0 Å². The van der Waals surface area contributed by atoms with E-state index in [1.807, 2.05) is 31.2 Å². The van der Waals surface area contributed by atoms with Crippen molar-refractivity contribution in [1.29, 1.82) is 0 Å². The topological polar surface area (TPSA) is 84.5 Å². The standard InChI is InChI=1S/C18H20N2O4S/c1-14-3-5-15(6-4-14)11-12-25(22,23)19-13-18(21)20-16-7-9-17(24-2)10-8-16/h3-12,19H,13H2,1-2H3,(H,20,21). The molecule has 0 radical (unpaired) electrons. The molecule has 0 fully saturated rings. The van der Waals surface area contributed by atoms with E-state index < -0.39 is 15.9 Å². The van der Waals surface area contributed by atoms with Crippen molar-refractivity contribution in [2.45, 2.75) is 6.92 Å². The summed E-state index contributed by atoms with van der Waals surface area (Å²) in [6, 6.07) is 14.2. The number of ether oxygens (including phenoxy) is 1.